The third kappa shape index (κ3) is 3.81. The molecule has 50 valence electrons. The van der Waals surface area contributed by atoms with E-state index in [-0.39, 0.29) is 0 Å². The van der Waals surface area contributed by atoms with Crippen molar-refractivity contribution in [2.45, 2.75) is 24.5 Å². The van der Waals surface area contributed by atoms with Crippen LogP contribution in [0.5, 0.6) is 0 Å². The molecule has 0 fully saturated rings. The van der Waals surface area contributed by atoms with E-state index in [9.17, 15) is 0 Å². The van der Waals surface area contributed by atoms with Crippen LogP contribution in [-0.4, -0.2) is 19.5 Å². The maximum atomic E-state index is 5.93. The van der Waals surface area contributed by atoms with Crippen molar-refractivity contribution in [2.75, 3.05) is 5.75 Å². The van der Waals surface area contributed by atoms with Gasteiger partial charge in [-0.15, -0.1) is 11.6 Å². The van der Waals surface area contributed by atoms with E-state index in [4.69, 9.17) is 11.6 Å². The van der Waals surface area contributed by atoms with Gasteiger partial charge in [-0.05, 0) is 12.2 Å². The largest absolute Gasteiger partial charge is 0.179 e. The fourth-order valence-electron chi connectivity index (χ4n) is 0.457. The van der Waals surface area contributed by atoms with Crippen LogP contribution < -0.4 is 0 Å². The Morgan fingerprint density at radius 1 is 1.62 bits per heavy atom. The third-order valence-corrected chi connectivity index (χ3v) is 4.90. The van der Waals surface area contributed by atoms with Crippen molar-refractivity contribution in [3.05, 3.63) is 0 Å². The first-order valence-electron chi connectivity index (χ1n) is 2.93. The van der Waals surface area contributed by atoms with Crippen LogP contribution >= 0.6 is 24.2 Å². The molecule has 1 unspecified atom stereocenters. The van der Waals surface area contributed by atoms with Gasteiger partial charge in [0.1, 0.15) is 0 Å². The summed E-state index contributed by atoms with van der Waals surface area (Å²) < 4.78 is 0. The lowest BCUT2D eigenvalue weighted by molar-refractivity contribution is 1.04. The monoisotopic (exact) mass is 168 g/mol. The van der Waals surface area contributed by atoms with Crippen LogP contribution in [0, 0.1) is 0 Å². The molecule has 0 aromatic carbocycles. The maximum absolute atomic E-state index is 5.93. The highest BCUT2D eigenvalue weighted by molar-refractivity contribution is 7.80. The van der Waals surface area contributed by atoms with Crippen LogP contribution in [0.4, 0.5) is 0 Å². The first-order valence-corrected chi connectivity index (χ1v) is 6.98. The number of rotatable bonds is 3. The molecule has 0 bridgehead atoms. The Bertz CT molecular complexity index is 58.4. The van der Waals surface area contributed by atoms with E-state index in [0.717, 1.165) is 12.2 Å². The summed E-state index contributed by atoms with van der Waals surface area (Å²) in [6, 6.07) is 0. The van der Waals surface area contributed by atoms with Gasteiger partial charge >= 0.3 is 0 Å². The molecule has 8 heavy (non-hydrogen) atoms. The summed E-state index contributed by atoms with van der Waals surface area (Å²) in [6.45, 7) is 4.53. The summed E-state index contributed by atoms with van der Waals surface area (Å²) in [4.78, 5) is 0. The molecule has 0 radical (unpaired) electrons. The molecule has 3 heteroatoms. The molecule has 0 aliphatic rings. The summed E-state index contributed by atoms with van der Waals surface area (Å²) >= 11 is 10.0. The molecule has 1 atom stereocenters. The quantitative estimate of drug-likeness (QED) is 0.372. The number of thiol groups is 1. The van der Waals surface area contributed by atoms with Crippen LogP contribution in [0.1, 0.15) is 6.42 Å². The minimum Gasteiger partial charge on any atom is -0.179 e. The highest BCUT2D eigenvalue weighted by Crippen LogP contribution is 2.06. The van der Waals surface area contributed by atoms with Crippen LogP contribution in [0.15, 0.2) is 0 Å². The molecule has 0 saturated carbocycles. The van der Waals surface area contributed by atoms with E-state index in [1.54, 1.807) is 0 Å². The summed E-state index contributed by atoms with van der Waals surface area (Å²) in [5.74, 6) is 0.930. The lowest BCUT2D eigenvalue weighted by Gasteiger charge is -2.08. The molecule has 0 saturated heterocycles. The molecular weight excluding hydrogens is 156 g/mol. The average Bonchev–Trinajstić information content (AvgIpc) is 1.67. The molecule has 0 spiro atoms. The second-order valence-corrected chi connectivity index (χ2v) is 7.00. The van der Waals surface area contributed by atoms with Crippen molar-refractivity contribution in [1.29, 1.82) is 0 Å². The highest BCUT2D eigenvalue weighted by Gasteiger charge is 2.07. The van der Waals surface area contributed by atoms with Crippen molar-refractivity contribution in [3.63, 3.8) is 0 Å². The van der Waals surface area contributed by atoms with E-state index < -0.39 is 8.80 Å². The Morgan fingerprint density at radius 3 is 2.25 bits per heavy atom. The summed E-state index contributed by atoms with van der Waals surface area (Å²) in [5.41, 5.74) is 0. The van der Waals surface area contributed by atoms with Crippen molar-refractivity contribution in [1.82, 2.24) is 0 Å². The van der Waals surface area contributed by atoms with Gasteiger partial charge in [0.2, 0.25) is 0 Å². The minimum absolute atomic E-state index is 0.451. The first kappa shape index (κ1) is 8.86. The topological polar surface area (TPSA) is 0 Å². The summed E-state index contributed by atoms with van der Waals surface area (Å²) in [7, 11) is -0.566. The zero-order valence-corrected chi connectivity index (χ0v) is 8.20. The second kappa shape index (κ2) is 4.71. The van der Waals surface area contributed by atoms with Gasteiger partial charge in [-0.25, -0.2) is 0 Å². The van der Waals surface area contributed by atoms with E-state index in [1.807, 2.05) is 0 Å². The summed E-state index contributed by atoms with van der Waals surface area (Å²) in [5, 5.41) is 0.451. The Hall–Kier alpha value is 0.857. The van der Waals surface area contributed by atoms with Crippen LogP contribution in [0.2, 0.25) is 13.1 Å². The molecule has 0 aliphatic carbocycles. The number of hydrogen-bond donors (Lipinski definition) is 1. The van der Waals surface area contributed by atoms with Crippen molar-refractivity contribution < 1.29 is 0 Å². The van der Waals surface area contributed by atoms with Crippen LogP contribution in [0.25, 0.3) is 0 Å². The van der Waals surface area contributed by atoms with E-state index in [0.29, 0.717) is 5.00 Å². The van der Waals surface area contributed by atoms with Gasteiger partial charge in [0.25, 0.3) is 0 Å². The lowest BCUT2D eigenvalue weighted by atomic mass is 10.6. The van der Waals surface area contributed by atoms with Gasteiger partial charge in [0.15, 0.2) is 0 Å². The highest BCUT2D eigenvalue weighted by atomic mass is 35.5. The van der Waals surface area contributed by atoms with Gasteiger partial charge < -0.3 is 0 Å². The molecule has 0 nitrogen and oxygen atoms in total. The van der Waals surface area contributed by atoms with Crippen LogP contribution in [0.3, 0.4) is 0 Å². The number of hydrogen-bond acceptors (Lipinski definition) is 1. The molecule has 0 aromatic heterocycles. The average molecular weight is 169 g/mol. The van der Waals surface area contributed by atoms with Gasteiger partial charge in [0.05, 0.1) is 8.80 Å². The number of alkyl halides is 1. The predicted molar refractivity (Wildman–Crippen MR) is 47.0 cm³/mol. The van der Waals surface area contributed by atoms with Crippen molar-refractivity contribution in [2.24, 2.45) is 0 Å². The van der Waals surface area contributed by atoms with E-state index in [2.05, 4.69) is 25.7 Å². The second-order valence-electron chi connectivity index (χ2n) is 2.27. The molecule has 0 amide bonds. The van der Waals surface area contributed by atoms with Gasteiger partial charge in [-0.2, -0.15) is 12.6 Å². The maximum Gasteiger partial charge on any atom is 0.0519 e. The zero-order valence-electron chi connectivity index (χ0n) is 5.39. The van der Waals surface area contributed by atoms with Crippen molar-refractivity contribution in [3.8, 4) is 0 Å². The Labute approximate surface area is 63.6 Å². The zero-order chi connectivity index (χ0) is 6.57. The molecule has 0 N–H and O–H groups in total. The first-order chi connectivity index (χ1) is 3.68. The Balaban J connectivity index is 3.17. The smallest absolute Gasteiger partial charge is 0.0519 e. The fourth-order valence-corrected chi connectivity index (χ4v) is 2.11. The van der Waals surface area contributed by atoms with Gasteiger partial charge in [-0.3, -0.25) is 0 Å². The molecule has 0 rings (SSSR count). The summed E-state index contributed by atoms with van der Waals surface area (Å²) in [6.07, 6.45) is 1.08. The van der Waals surface area contributed by atoms with Crippen LogP contribution in [-0.2, 0) is 0 Å². The third-order valence-electron chi connectivity index (χ3n) is 1.13. The Morgan fingerprint density at radius 2 is 2.12 bits per heavy atom. The molecule has 0 heterocycles. The standard InChI is InChI=1S/C5H13ClSSi/c1-8(2)5(6)3-4-7/h5,7-8H,3-4H2,1-2H3. The minimum atomic E-state index is -0.566. The molecule has 0 aliphatic heterocycles. The Kier molecular flexibility index (Phi) is 5.21. The predicted octanol–water partition coefficient (Wildman–Crippen LogP) is 1.94. The van der Waals surface area contributed by atoms with Gasteiger partial charge in [-0.1, -0.05) is 13.1 Å². The SMILES string of the molecule is C[SiH](C)C(Cl)CCS. The van der Waals surface area contributed by atoms with Gasteiger partial charge in [0, 0.05) is 5.00 Å². The molecular formula is C5H13ClSSi. The van der Waals surface area contributed by atoms with Crippen molar-refractivity contribution >= 4 is 33.0 Å². The lowest BCUT2D eigenvalue weighted by Crippen LogP contribution is -2.18. The van der Waals surface area contributed by atoms with E-state index in [1.165, 1.54) is 0 Å². The fraction of sp³-hybridized carbons (Fsp3) is 1.00. The normalized spacial score (nSPS) is 14.6. The molecule has 0 aromatic rings. The number of halogens is 1. The van der Waals surface area contributed by atoms with E-state index >= 15 is 0 Å².